The normalized spacial score (nSPS) is 10.6. The molecule has 2 aromatic heterocycles. The van der Waals surface area contributed by atoms with E-state index in [-0.39, 0.29) is 11.5 Å². The lowest BCUT2D eigenvalue weighted by molar-refractivity contribution is 0.308. The number of nitrogens with zero attached hydrogens (tertiary/aromatic N) is 3. The second kappa shape index (κ2) is 9.44. The molecule has 0 unspecified atom stereocenters. The molecule has 0 saturated heterocycles. The van der Waals surface area contributed by atoms with E-state index in [0.29, 0.717) is 40.8 Å². The van der Waals surface area contributed by atoms with Gasteiger partial charge in [-0.15, -0.1) is 11.3 Å². The summed E-state index contributed by atoms with van der Waals surface area (Å²) in [6, 6.07) is 14.7. The average molecular weight is 447 g/mol. The van der Waals surface area contributed by atoms with Crippen LogP contribution in [0.3, 0.4) is 0 Å². The first-order valence-electron chi connectivity index (χ1n) is 9.83. The van der Waals surface area contributed by atoms with Crippen LogP contribution >= 0.6 is 11.3 Å². The highest BCUT2D eigenvalue weighted by Crippen LogP contribution is 2.28. The molecular weight excluding hydrogens is 424 g/mol. The van der Waals surface area contributed by atoms with Crippen LogP contribution in [0.5, 0.6) is 17.2 Å². The fourth-order valence-corrected chi connectivity index (χ4v) is 3.77. The summed E-state index contributed by atoms with van der Waals surface area (Å²) in [5.41, 5.74) is 7.34. The topological polar surface area (TPSA) is 119 Å². The van der Waals surface area contributed by atoms with Crippen LogP contribution in [0.1, 0.15) is 21.0 Å². The van der Waals surface area contributed by atoms with Crippen LogP contribution in [0.15, 0.2) is 61.1 Å². The molecule has 32 heavy (non-hydrogen) atoms. The fourth-order valence-electron chi connectivity index (χ4n) is 3.06. The summed E-state index contributed by atoms with van der Waals surface area (Å²) < 4.78 is 11.8. The van der Waals surface area contributed by atoms with E-state index in [4.69, 9.17) is 20.6 Å². The van der Waals surface area contributed by atoms with Crippen molar-refractivity contribution in [3.05, 3.63) is 82.1 Å². The number of ether oxygens (including phenoxy) is 2. The number of nitrogen functional groups attached to an aromatic ring is 1. The highest BCUT2D eigenvalue weighted by Gasteiger charge is 2.15. The Hall–Kier alpha value is -3.98. The monoisotopic (exact) mass is 446 g/mol. The van der Waals surface area contributed by atoms with Crippen LogP contribution in [-0.2, 0) is 6.61 Å². The van der Waals surface area contributed by atoms with Crippen LogP contribution in [0.4, 0.5) is 11.6 Å². The first kappa shape index (κ1) is 21.3. The van der Waals surface area contributed by atoms with Gasteiger partial charge in [0.1, 0.15) is 41.8 Å². The zero-order chi connectivity index (χ0) is 22.5. The summed E-state index contributed by atoms with van der Waals surface area (Å²) in [7, 11) is 1.73. The maximum atomic E-state index is 8.53. The molecule has 0 aliphatic carbocycles. The fraction of sp³-hybridized carbons (Fsp3) is 0.130. The Labute approximate surface area is 189 Å². The predicted molar refractivity (Wildman–Crippen MR) is 126 cm³/mol. The summed E-state index contributed by atoms with van der Waals surface area (Å²) in [5, 5.41) is 12.5. The Morgan fingerprint density at radius 2 is 1.84 bits per heavy atom. The number of thiazole rings is 1. The molecule has 0 saturated carbocycles. The van der Waals surface area contributed by atoms with Gasteiger partial charge in [0.25, 0.3) is 0 Å². The second-order valence-electron chi connectivity index (χ2n) is 6.84. The van der Waals surface area contributed by atoms with E-state index < -0.39 is 0 Å². The van der Waals surface area contributed by atoms with Crippen molar-refractivity contribution < 1.29 is 9.47 Å². The largest absolute Gasteiger partial charge is 0.488 e. The van der Waals surface area contributed by atoms with Crippen molar-refractivity contribution in [2.45, 2.75) is 13.5 Å². The summed E-state index contributed by atoms with van der Waals surface area (Å²) in [6.07, 6.45) is 3.19. The maximum Gasteiger partial charge on any atom is 0.140 e. The minimum atomic E-state index is 0.229. The van der Waals surface area contributed by atoms with Crippen molar-refractivity contribution in [3.63, 3.8) is 0 Å². The second-order valence-corrected chi connectivity index (χ2v) is 8.16. The molecule has 0 aliphatic heterocycles. The van der Waals surface area contributed by atoms with E-state index in [1.807, 2.05) is 37.4 Å². The first-order chi connectivity index (χ1) is 15.5. The van der Waals surface area contributed by atoms with E-state index in [9.17, 15) is 0 Å². The molecule has 4 rings (SSSR count). The molecule has 0 fully saturated rings. The molecule has 0 bridgehead atoms. The van der Waals surface area contributed by atoms with Crippen LogP contribution in [0.25, 0.3) is 0 Å². The molecule has 0 amide bonds. The third-order valence-electron chi connectivity index (χ3n) is 4.60. The van der Waals surface area contributed by atoms with Crippen molar-refractivity contribution in [2.24, 2.45) is 0 Å². The number of anilines is 2. The Balaban J connectivity index is 1.44. The molecule has 0 radical (unpaired) electrons. The first-order valence-corrected chi connectivity index (χ1v) is 10.6. The van der Waals surface area contributed by atoms with E-state index >= 15 is 0 Å². The van der Waals surface area contributed by atoms with Gasteiger partial charge in [0, 0.05) is 24.9 Å². The number of benzene rings is 2. The minimum Gasteiger partial charge on any atom is -0.488 e. The predicted octanol–water partition coefficient (Wildman–Crippen LogP) is 4.65. The lowest BCUT2D eigenvalue weighted by atomic mass is 10.0. The third-order valence-corrected chi connectivity index (χ3v) is 5.48. The van der Waals surface area contributed by atoms with Crippen LogP contribution in [-0.4, -0.2) is 27.7 Å². The van der Waals surface area contributed by atoms with Gasteiger partial charge in [0.2, 0.25) is 0 Å². The molecule has 0 atom stereocenters. The lowest BCUT2D eigenvalue weighted by Crippen LogP contribution is -2.12. The van der Waals surface area contributed by atoms with Gasteiger partial charge < -0.3 is 20.5 Å². The Morgan fingerprint density at radius 1 is 1.06 bits per heavy atom. The molecule has 0 spiro atoms. The van der Waals surface area contributed by atoms with E-state index in [1.54, 1.807) is 42.6 Å². The third kappa shape index (κ3) is 4.84. The molecular formula is C23H22N6O2S. The van der Waals surface area contributed by atoms with Crippen LogP contribution in [0.2, 0.25) is 0 Å². The van der Waals surface area contributed by atoms with E-state index in [2.05, 4.69) is 20.3 Å². The summed E-state index contributed by atoms with van der Waals surface area (Å²) in [4.78, 5) is 13.4. The van der Waals surface area contributed by atoms with Gasteiger partial charge in [0.05, 0.1) is 21.2 Å². The SMILES string of the molecule is CNc1ncnc(N)c1C(=N)c1ccc(Oc2cccc(OCc3cnc(C)s3)c2)cc1. The number of aromatic nitrogens is 3. The number of nitrogens with two attached hydrogens (primary N) is 1. The van der Waals surface area contributed by atoms with Crippen LogP contribution < -0.4 is 20.5 Å². The summed E-state index contributed by atoms with van der Waals surface area (Å²) >= 11 is 1.61. The average Bonchev–Trinajstić information content (AvgIpc) is 3.23. The summed E-state index contributed by atoms with van der Waals surface area (Å²) in [5.74, 6) is 2.77. The van der Waals surface area contributed by atoms with E-state index in [0.717, 1.165) is 9.88 Å². The molecule has 9 heteroatoms. The van der Waals surface area contributed by atoms with Crippen molar-refractivity contribution in [1.82, 2.24) is 15.0 Å². The Bertz CT molecular complexity index is 1240. The van der Waals surface area contributed by atoms with Gasteiger partial charge in [-0.05, 0) is 43.3 Å². The van der Waals surface area contributed by atoms with Gasteiger partial charge in [-0.1, -0.05) is 6.07 Å². The quantitative estimate of drug-likeness (QED) is 0.337. The van der Waals surface area contributed by atoms with Crippen molar-refractivity contribution in [1.29, 1.82) is 5.41 Å². The Kier molecular flexibility index (Phi) is 6.27. The summed E-state index contributed by atoms with van der Waals surface area (Å²) in [6.45, 7) is 2.43. The number of aryl methyl sites for hydroxylation is 1. The van der Waals surface area contributed by atoms with E-state index in [1.165, 1.54) is 6.33 Å². The van der Waals surface area contributed by atoms with Gasteiger partial charge in [0.15, 0.2) is 0 Å². The number of hydrogen-bond acceptors (Lipinski definition) is 9. The van der Waals surface area contributed by atoms with Crippen molar-refractivity contribution in [2.75, 3.05) is 18.1 Å². The smallest absolute Gasteiger partial charge is 0.140 e. The molecule has 2 aromatic carbocycles. The minimum absolute atomic E-state index is 0.229. The standard InChI is InChI=1S/C23H22N6O2S/c1-14-27-11-19(32-14)12-30-17-4-3-5-18(10-17)31-16-8-6-15(7-9-16)21(24)20-22(25)28-13-29-23(20)26-2/h3-11,13,24H,12H2,1-2H3,(H3,25,26,28,29). The maximum absolute atomic E-state index is 8.53. The van der Waals surface area contributed by atoms with Gasteiger partial charge in [-0.2, -0.15) is 0 Å². The lowest BCUT2D eigenvalue weighted by Gasteiger charge is -2.12. The highest BCUT2D eigenvalue weighted by molar-refractivity contribution is 7.11. The van der Waals surface area contributed by atoms with Crippen LogP contribution in [0, 0.1) is 12.3 Å². The molecule has 0 aliphatic rings. The van der Waals surface area contributed by atoms with Crippen molar-refractivity contribution in [3.8, 4) is 17.2 Å². The van der Waals surface area contributed by atoms with Crippen molar-refractivity contribution >= 4 is 28.7 Å². The zero-order valence-corrected chi connectivity index (χ0v) is 18.4. The number of nitrogens with one attached hydrogen (secondary N) is 2. The van der Waals surface area contributed by atoms with Gasteiger partial charge in [-0.3, -0.25) is 5.41 Å². The number of rotatable bonds is 8. The Morgan fingerprint density at radius 3 is 2.56 bits per heavy atom. The van der Waals surface area contributed by atoms with Gasteiger partial charge in [-0.25, -0.2) is 15.0 Å². The molecule has 162 valence electrons. The van der Waals surface area contributed by atoms with Gasteiger partial charge >= 0.3 is 0 Å². The highest BCUT2D eigenvalue weighted by atomic mass is 32.1. The molecule has 8 nitrogen and oxygen atoms in total. The number of hydrogen-bond donors (Lipinski definition) is 3. The molecule has 2 heterocycles. The zero-order valence-electron chi connectivity index (χ0n) is 17.6. The molecule has 4 aromatic rings. The molecule has 4 N–H and O–H groups in total.